The smallest absolute Gasteiger partial charge is 0.241 e. The molecule has 5 nitrogen and oxygen atoms in total. The van der Waals surface area contributed by atoms with Crippen molar-refractivity contribution in [2.24, 2.45) is 0 Å². The van der Waals surface area contributed by atoms with Crippen LogP contribution in [0, 0.1) is 6.92 Å². The first-order valence-electron chi connectivity index (χ1n) is 6.97. The van der Waals surface area contributed by atoms with E-state index in [0.717, 1.165) is 18.7 Å². The van der Waals surface area contributed by atoms with E-state index in [1.165, 1.54) is 0 Å². The Balaban J connectivity index is 2.02. The van der Waals surface area contributed by atoms with Crippen LogP contribution >= 0.6 is 15.9 Å². The lowest BCUT2D eigenvalue weighted by Gasteiger charge is -2.29. The molecule has 1 saturated heterocycles. The zero-order valence-corrected chi connectivity index (χ0v) is 14.7. The van der Waals surface area contributed by atoms with E-state index in [0.29, 0.717) is 24.2 Å². The first-order valence-corrected chi connectivity index (χ1v) is 9.25. The maximum Gasteiger partial charge on any atom is 0.241 e. The van der Waals surface area contributed by atoms with Crippen LogP contribution in [0.4, 0.5) is 0 Å². The minimum absolute atomic E-state index is 0.152. The molecule has 0 radical (unpaired) electrons. The molecule has 1 aromatic rings. The molecular weight excluding hydrogens is 356 g/mol. The van der Waals surface area contributed by atoms with Gasteiger partial charge in [-0.15, -0.1) is 0 Å². The van der Waals surface area contributed by atoms with Gasteiger partial charge in [0.15, 0.2) is 0 Å². The van der Waals surface area contributed by atoms with Gasteiger partial charge in [-0.05, 0) is 47.5 Å². The summed E-state index contributed by atoms with van der Waals surface area (Å²) in [5.74, 6) is 0. The van der Waals surface area contributed by atoms with E-state index in [-0.39, 0.29) is 10.9 Å². The lowest BCUT2D eigenvalue weighted by Crippen LogP contribution is -2.45. The zero-order chi connectivity index (χ0) is 15.5. The quantitative estimate of drug-likeness (QED) is 0.850. The van der Waals surface area contributed by atoms with Gasteiger partial charge in [-0.1, -0.05) is 6.07 Å². The number of sulfonamides is 1. The van der Waals surface area contributed by atoms with Gasteiger partial charge in [0.25, 0.3) is 0 Å². The van der Waals surface area contributed by atoms with Gasteiger partial charge < -0.3 is 4.74 Å². The van der Waals surface area contributed by atoms with Crippen LogP contribution in [0.1, 0.15) is 12.5 Å². The fraction of sp³-hybridized carbons (Fsp3) is 0.571. The van der Waals surface area contributed by atoms with E-state index in [1.807, 2.05) is 13.8 Å². The Labute approximate surface area is 134 Å². The fourth-order valence-corrected chi connectivity index (χ4v) is 4.79. The van der Waals surface area contributed by atoms with Crippen molar-refractivity contribution in [1.29, 1.82) is 0 Å². The van der Waals surface area contributed by atoms with Gasteiger partial charge in [0.1, 0.15) is 0 Å². The maximum absolute atomic E-state index is 12.4. The van der Waals surface area contributed by atoms with Gasteiger partial charge in [0, 0.05) is 30.1 Å². The molecule has 21 heavy (non-hydrogen) atoms. The van der Waals surface area contributed by atoms with E-state index in [4.69, 9.17) is 4.74 Å². The third-order valence-corrected chi connectivity index (χ3v) is 5.94. The Morgan fingerprint density at radius 2 is 2.05 bits per heavy atom. The molecule has 2 rings (SSSR count). The number of nitrogens with zero attached hydrogens (tertiary/aromatic N) is 1. The van der Waals surface area contributed by atoms with Crippen molar-refractivity contribution in [1.82, 2.24) is 9.62 Å². The Morgan fingerprint density at radius 3 is 2.67 bits per heavy atom. The molecule has 1 aromatic carbocycles. The summed E-state index contributed by atoms with van der Waals surface area (Å²) in [4.78, 5) is 2.49. The van der Waals surface area contributed by atoms with Crippen LogP contribution in [0.2, 0.25) is 0 Å². The highest BCUT2D eigenvalue weighted by molar-refractivity contribution is 9.10. The highest BCUT2D eigenvalue weighted by Crippen LogP contribution is 2.23. The van der Waals surface area contributed by atoms with Crippen molar-refractivity contribution in [3.8, 4) is 0 Å². The van der Waals surface area contributed by atoms with Crippen LogP contribution in [0.5, 0.6) is 0 Å². The van der Waals surface area contributed by atoms with Crippen LogP contribution in [-0.4, -0.2) is 52.2 Å². The molecule has 1 fully saturated rings. The number of morpholine rings is 1. The van der Waals surface area contributed by atoms with Gasteiger partial charge in [-0.2, -0.15) is 0 Å². The first kappa shape index (κ1) is 16.9. The van der Waals surface area contributed by atoms with Crippen molar-refractivity contribution < 1.29 is 13.2 Å². The molecule has 0 aliphatic carbocycles. The molecule has 118 valence electrons. The van der Waals surface area contributed by atoms with Crippen molar-refractivity contribution in [2.45, 2.75) is 24.8 Å². The van der Waals surface area contributed by atoms with E-state index >= 15 is 0 Å². The second-order valence-corrected chi connectivity index (χ2v) is 7.91. The van der Waals surface area contributed by atoms with Gasteiger partial charge in [0.05, 0.1) is 18.1 Å². The van der Waals surface area contributed by atoms with Crippen LogP contribution in [-0.2, 0) is 14.8 Å². The number of nitrogens with one attached hydrogen (secondary N) is 1. The Kier molecular flexibility index (Phi) is 5.79. The van der Waals surface area contributed by atoms with Crippen molar-refractivity contribution in [2.75, 3.05) is 32.8 Å². The van der Waals surface area contributed by atoms with Gasteiger partial charge in [-0.3, -0.25) is 4.90 Å². The summed E-state index contributed by atoms with van der Waals surface area (Å²) in [5, 5.41) is 0. The van der Waals surface area contributed by atoms with E-state index in [2.05, 4.69) is 25.6 Å². The Bertz CT molecular complexity index is 586. The number of hydrogen-bond acceptors (Lipinski definition) is 4. The summed E-state index contributed by atoms with van der Waals surface area (Å²) in [6.07, 6.45) is 0. The molecule has 0 amide bonds. The molecule has 0 spiro atoms. The molecule has 1 unspecified atom stereocenters. The normalized spacial score (nSPS) is 18.6. The summed E-state index contributed by atoms with van der Waals surface area (Å²) in [6, 6.07) is 5.08. The summed E-state index contributed by atoms with van der Waals surface area (Å²) >= 11 is 3.33. The molecule has 1 aliphatic heterocycles. The maximum atomic E-state index is 12.4. The molecule has 7 heteroatoms. The molecule has 0 bridgehead atoms. The zero-order valence-electron chi connectivity index (χ0n) is 12.3. The average molecular weight is 377 g/mol. The minimum atomic E-state index is -3.51. The van der Waals surface area contributed by atoms with Gasteiger partial charge in [0.2, 0.25) is 10.0 Å². The number of hydrogen-bond donors (Lipinski definition) is 1. The fourth-order valence-electron chi connectivity index (χ4n) is 2.36. The van der Waals surface area contributed by atoms with Gasteiger partial charge >= 0.3 is 0 Å². The number of halogens is 1. The van der Waals surface area contributed by atoms with Crippen molar-refractivity contribution in [3.05, 3.63) is 28.2 Å². The molecular formula is C14H21BrN2O3S. The summed E-state index contributed by atoms with van der Waals surface area (Å²) in [5.41, 5.74) is 1.02. The SMILES string of the molecule is Cc1ccc(S(=O)(=O)NC(C)CN2CCOCC2)c(Br)c1. The van der Waals surface area contributed by atoms with Crippen LogP contribution < -0.4 is 4.72 Å². The van der Waals surface area contributed by atoms with E-state index < -0.39 is 10.0 Å². The highest BCUT2D eigenvalue weighted by atomic mass is 79.9. The third kappa shape index (κ3) is 4.75. The van der Waals surface area contributed by atoms with Crippen molar-refractivity contribution in [3.63, 3.8) is 0 Å². The number of ether oxygens (including phenoxy) is 1. The standard InChI is InChI=1S/C14H21BrN2O3S/c1-11-3-4-14(13(15)9-11)21(18,19)16-12(2)10-17-5-7-20-8-6-17/h3-4,9,12,16H,5-8,10H2,1-2H3. The first-order chi connectivity index (χ1) is 9.88. The second kappa shape index (κ2) is 7.19. The number of rotatable bonds is 5. The lowest BCUT2D eigenvalue weighted by atomic mass is 10.2. The molecule has 1 heterocycles. The summed E-state index contributed by atoms with van der Waals surface area (Å²) in [7, 11) is -3.51. The van der Waals surface area contributed by atoms with Crippen LogP contribution in [0.25, 0.3) is 0 Å². The van der Waals surface area contributed by atoms with Crippen LogP contribution in [0.3, 0.4) is 0 Å². The largest absolute Gasteiger partial charge is 0.379 e. The highest BCUT2D eigenvalue weighted by Gasteiger charge is 2.22. The molecule has 0 saturated carbocycles. The molecule has 0 aromatic heterocycles. The van der Waals surface area contributed by atoms with Crippen LogP contribution in [0.15, 0.2) is 27.6 Å². The molecule has 1 aliphatic rings. The lowest BCUT2D eigenvalue weighted by molar-refractivity contribution is 0.0354. The van der Waals surface area contributed by atoms with E-state index in [9.17, 15) is 8.42 Å². The van der Waals surface area contributed by atoms with E-state index in [1.54, 1.807) is 18.2 Å². The number of aryl methyl sites for hydroxylation is 1. The average Bonchev–Trinajstić information content (AvgIpc) is 2.38. The minimum Gasteiger partial charge on any atom is -0.379 e. The number of benzene rings is 1. The predicted octanol–water partition coefficient (Wildman–Crippen LogP) is 1.76. The molecule has 1 N–H and O–H groups in total. The Hall–Kier alpha value is -0.470. The summed E-state index contributed by atoms with van der Waals surface area (Å²) < 4.78 is 33.5. The Morgan fingerprint density at radius 1 is 1.38 bits per heavy atom. The second-order valence-electron chi connectivity index (χ2n) is 5.37. The third-order valence-electron chi connectivity index (χ3n) is 3.37. The predicted molar refractivity (Wildman–Crippen MR) is 85.9 cm³/mol. The summed E-state index contributed by atoms with van der Waals surface area (Å²) in [6.45, 7) is 7.61. The van der Waals surface area contributed by atoms with Crippen molar-refractivity contribution >= 4 is 26.0 Å². The topological polar surface area (TPSA) is 58.6 Å². The van der Waals surface area contributed by atoms with Gasteiger partial charge in [-0.25, -0.2) is 13.1 Å². The monoisotopic (exact) mass is 376 g/mol. The molecule has 1 atom stereocenters.